The van der Waals surface area contributed by atoms with E-state index < -0.39 is 23.8 Å². The van der Waals surface area contributed by atoms with E-state index in [0.717, 1.165) is 37.3 Å². The molecule has 1 aromatic heterocycles. The molecule has 1 aromatic rings. The Bertz CT molecular complexity index is 809. The molecule has 2 aliphatic rings. The summed E-state index contributed by atoms with van der Waals surface area (Å²) < 4.78 is 10.7. The summed E-state index contributed by atoms with van der Waals surface area (Å²) in [5, 5.41) is 13.6. The van der Waals surface area contributed by atoms with E-state index in [1.165, 1.54) is 0 Å². The van der Waals surface area contributed by atoms with Gasteiger partial charge in [0, 0.05) is 44.5 Å². The predicted molar refractivity (Wildman–Crippen MR) is 116 cm³/mol. The van der Waals surface area contributed by atoms with E-state index in [-0.39, 0.29) is 0 Å². The molecule has 3 rings (SSSR count). The summed E-state index contributed by atoms with van der Waals surface area (Å²) >= 11 is 6.17. The van der Waals surface area contributed by atoms with Crippen LogP contribution in [0.25, 0.3) is 0 Å². The number of hydrogen-bond donors (Lipinski definition) is 2. The van der Waals surface area contributed by atoms with Gasteiger partial charge in [0.2, 0.25) is 0 Å². The molecule has 0 saturated carbocycles. The predicted octanol–water partition coefficient (Wildman–Crippen LogP) is 2.98. The van der Waals surface area contributed by atoms with Crippen LogP contribution < -0.4 is 10.2 Å². The Balaban J connectivity index is 1.75. The number of piperidine rings is 1. The van der Waals surface area contributed by atoms with Gasteiger partial charge in [-0.3, -0.25) is 0 Å². The van der Waals surface area contributed by atoms with Crippen molar-refractivity contribution in [3.63, 3.8) is 0 Å². The fourth-order valence-electron chi connectivity index (χ4n) is 3.56. The fraction of sp³-hybridized carbons (Fsp3) is 0.636. The van der Waals surface area contributed by atoms with Gasteiger partial charge in [0.05, 0.1) is 23.4 Å². The van der Waals surface area contributed by atoms with Crippen LogP contribution in [0.4, 0.5) is 10.5 Å². The lowest BCUT2D eigenvalue weighted by molar-refractivity contribution is 0.0399. The summed E-state index contributed by atoms with van der Waals surface area (Å²) in [4.78, 5) is 18.5. The molecule has 1 amide bonds. The molecule has 164 valence electrons. The lowest BCUT2D eigenvalue weighted by Crippen LogP contribution is -2.56. The highest BCUT2D eigenvalue weighted by atomic mass is 35.5. The number of halogens is 1. The highest BCUT2D eigenvalue weighted by molar-refractivity contribution is 6.29. The van der Waals surface area contributed by atoms with Crippen LogP contribution in [-0.4, -0.2) is 60.2 Å². The third-order valence-electron chi connectivity index (χ3n) is 5.10. The second-order valence-electron chi connectivity index (χ2n) is 8.73. The monoisotopic (exact) mass is 435 g/mol. The number of hydrogen-bond acceptors (Lipinski definition) is 6. The second-order valence-corrected chi connectivity index (χ2v) is 9.12. The summed E-state index contributed by atoms with van der Waals surface area (Å²) in [6.07, 6.45) is 2.87. The number of alkyl carbamates (subject to hydrolysis) is 1. The van der Waals surface area contributed by atoms with E-state index >= 15 is 0 Å². The molecule has 3 heterocycles. The Morgan fingerprint density at radius 2 is 2.10 bits per heavy atom. The maximum Gasteiger partial charge on any atom is 0.408 e. The molecule has 0 aliphatic carbocycles. The second kappa shape index (κ2) is 9.86. The van der Waals surface area contributed by atoms with Gasteiger partial charge in [0.15, 0.2) is 0 Å². The molecular weight excluding hydrogens is 406 g/mol. The van der Waals surface area contributed by atoms with E-state index in [1.807, 2.05) is 0 Å². The minimum Gasteiger partial charge on any atom is -0.444 e. The van der Waals surface area contributed by atoms with Gasteiger partial charge in [-0.15, -0.1) is 0 Å². The number of carbonyl (C=O) groups is 1. The highest BCUT2D eigenvalue weighted by Gasteiger charge is 2.31. The third kappa shape index (κ3) is 6.49. The standard InChI is InChI=1S/C22H30ClN3O4/c1-22(2,3)30-21(28)25-17-14-26(9-6-19(17)27)18-12-20(23)24-13-16(18)5-4-15-7-10-29-11-8-15/h12-13,15,17,19,27H,6-11,14H2,1-3H3,(H,25,28)/t17-,19-/m1/s1. The molecule has 8 heteroatoms. The SMILES string of the molecule is CC(C)(C)OC(=O)N[C@@H]1CN(c2cc(Cl)ncc2C#CC2CCOCC2)CC[C@H]1O. The zero-order valence-electron chi connectivity index (χ0n) is 17.8. The number of nitrogens with one attached hydrogen (secondary N) is 1. The number of amides is 1. The number of pyridine rings is 1. The lowest BCUT2D eigenvalue weighted by Gasteiger charge is -2.38. The summed E-state index contributed by atoms with van der Waals surface area (Å²) in [6, 6.07) is 1.33. The zero-order chi connectivity index (χ0) is 21.7. The zero-order valence-corrected chi connectivity index (χ0v) is 18.5. The van der Waals surface area contributed by atoms with Crippen LogP contribution in [0.2, 0.25) is 5.15 Å². The molecule has 0 radical (unpaired) electrons. The van der Waals surface area contributed by atoms with Crippen LogP contribution in [0, 0.1) is 17.8 Å². The number of nitrogens with zero attached hydrogens (tertiary/aromatic N) is 2. The number of anilines is 1. The Morgan fingerprint density at radius 1 is 1.37 bits per heavy atom. The summed E-state index contributed by atoms with van der Waals surface area (Å²) in [6.45, 7) is 7.95. The molecule has 0 spiro atoms. The molecule has 2 saturated heterocycles. The maximum atomic E-state index is 12.2. The van der Waals surface area contributed by atoms with E-state index in [2.05, 4.69) is 27.0 Å². The van der Waals surface area contributed by atoms with E-state index in [1.54, 1.807) is 33.0 Å². The van der Waals surface area contributed by atoms with Gasteiger partial charge in [-0.1, -0.05) is 23.4 Å². The van der Waals surface area contributed by atoms with Crippen molar-refractivity contribution in [2.75, 3.05) is 31.2 Å². The molecule has 30 heavy (non-hydrogen) atoms. The van der Waals surface area contributed by atoms with Gasteiger partial charge >= 0.3 is 6.09 Å². The molecule has 2 N–H and O–H groups in total. The molecule has 0 aromatic carbocycles. The number of ether oxygens (including phenoxy) is 2. The van der Waals surface area contributed by atoms with Crippen LogP contribution in [0.3, 0.4) is 0 Å². The lowest BCUT2D eigenvalue weighted by atomic mass is 9.99. The Labute approximate surface area is 183 Å². The molecule has 7 nitrogen and oxygen atoms in total. The van der Waals surface area contributed by atoms with Gasteiger partial charge < -0.3 is 24.8 Å². The van der Waals surface area contributed by atoms with E-state index in [4.69, 9.17) is 21.1 Å². The van der Waals surface area contributed by atoms with Crippen molar-refractivity contribution in [1.29, 1.82) is 0 Å². The number of aliphatic hydroxyl groups excluding tert-OH is 1. The Morgan fingerprint density at radius 3 is 2.80 bits per heavy atom. The Hall–Kier alpha value is -2.01. The Kier molecular flexibility index (Phi) is 7.45. The largest absolute Gasteiger partial charge is 0.444 e. The molecular formula is C22H30ClN3O4. The number of carbonyl (C=O) groups excluding carboxylic acids is 1. The summed E-state index contributed by atoms with van der Waals surface area (Å²) in [7, 11) is 0. The first-order valence-corrected chi connectivity index (χ1v) is 10.8. The van der Waals surface area contributed by atoms with Crippen molar-refractivity contribution in [2.24, 2.45) is 5.92 Å². The van der Waals surface area contributed by atoms with Crippen molar-refractivity contribution in [2.45, 2.75) is 57.8 Å². The normalized spacial score (nSPS) is 22.8. The molecule has 0 unspecified atom stereocenters. The van der Waals surface area contributed by atoms with Crippen LogP contribution >= 0.6 is 11.6 Å². The molecule has 2 aliphatic heterocycles. The first-order chi connectivity index (χ1) is 14.2. The highest BCUT2D eigenvalue weighted by Crippen LogP contribution is 2.27. The van der Waals surface area contributed by atoms with Crippen molar-refractivity contribution in [3.05, 3.63) is 23.0 Å². The number of aliphatic hydroxyl groups is 1. The van der Waals surface area contributed by atoms with Crippen molar-refractivity contribution in [1.82, 2.24) is 10.3 Å². The average Bonchev–Trinajstić information content (AvgIpc) is 2.68. The quantitative estimate of drug-likeness (QED) is 0.549. The van der Waals surface area contributed by atoms with Gasteiger partial charge in [0.1, 0.15) is 10.8 Å². The van der Waals surface area contributed by atoms with Crippen LogP contribution in [0.15, 0.2) is 12.3 Å². The van der Waals surface area contributed by atoms with Gasteiger partial charge in [-0.05, 0) is 40.0 Å². The number of aromatic nitrogens is 1. The van der Waals surface area contributed by atoms with Gasteiger partial charge in [0.25, 0.3) is 0 Å². The van der Waals surface area contributed by atoms with Crippen molar-refractivity contribution < 1.29 is 19.4 Å². The number of rotatable bonds is 2. The van der Waals surface area contributed by atoms with Crippen molar-refractivity contribution in [3.8, 4) is 11.8 Å². The molecule has 2 atom stereocenters. The van der Waals surface area contributed by atoms with E-state index in [9.17, 15) is 9.90 Å². The maximum absolute atomic E-state index is 12.2. The van der Waals surface area contributed by atoms with Gasteiger partial charge in [-0.2, -0.15) is 0 Å². The first-order valence-electron chi connectivity index (χ1n) is 10.4. The van der Waals surface area contributed by atoms with Crippen LogP contribution in [-0.2, 0) is 9.47 Å². The fourth-order valence-corrected chi connectivity index (χ4v) is 3.71. The average molecular weight is 436 g/mol. The minimum atomic E-state index is -0.650. The molecule has 0 bridgehead atoms. The smallest absolute Gasteiger partial charge is 0.408 e. The first kappa shape index (κ1) is 22.7. The van der Waals surface area contributed by atoms with Crippen LogP contribution in [0.5, 0.6) is 0 Å². The third-order valence-corrected chi connectivity index (χ3v) is 5.31. The van der Waals surface area contributed by atoms with Gasteiger partial charge in [-0.25, -0.2) is 9.78 Å². The topological polar surface area (TPSA) is 83.9 Å². The summed E-state index contributed by atoms with van der Waals surface area (Å²) in [5.41, 5.74) is 1.05. The summed E-state index contributed by atoms with van der Waals surface area (Å²) in [5.74, 6) is 6.91. The molecule has 2 fully saturated rings. The van der Waals surface area contributed by atoms with Crippen molar-refractivity contribution >= 4 is 23.4 Å². The van der Waals surface area contributed by atoms with Crippen LogP contribution in [0.1, 0.15) is 45.6 Å². The van der Waals surface area contributed by atoms with E-state index in [0.29, 0.717) is 30.6 Å². The minimum absolute atomic E-state index is 0.312.